The van der Waals surface area contributed by atoms with E-state index in [4.69, 9.17) is 9.40 Å². The van der Waals surface area contributed by atoms with Crippen LogP contribution in [-0.2, 0) is 25.1 Å². The molecule has 0 N–H and O–H groups in total. The molecule has 1 aliphatic rings. The lowest BCUT2D eigenvalue weighted by Crippen LogP contribution is -2.02. The smallest absolute Gasteiger partial charge is 0.336 e. The Labute approximate surface area is 161 Å². The fourth-order valence-corrected chi connectivity index (χ4v) is 5.10. The molecule has 0 saturated carbocycles. The number of nitrogens with zero attached hydrogens (tertiary/aromatic N) is 2. The Morgan fingerprint density at radius 2 is 1.96 bits per heavy atom. The first-order valence-electron chi connectivity index (χ1n) is 9.39. The van der Waals surface area contributed by atoms with Crippen LogP contribution in [0.2, 0.25) is 0 Å². The normalized spacial score (nSPS) is 13.5. The van der Waals surface area contributed by atoms with Gasteiger partial charge in [-0.1, -0.05) is 23.9 Å². The van der Waals surface area contributed by atoms with Crippen molar-refractivity contribution in [3.05, 3.63) is 69.6 Å². The molecule has 0 aliphatic heterocycles. The van der Waals surface area contributed by atoms with Gasteiger partial charge in [0, 0.05) is 23.8 Å². The fraction of sp³-hybridized carbons (Fsp3) is 0.273. The topological polar surface area (TPSA) is 48.0 Å². The van der Waals surface area contributed by atoms with Crippen molar-refractivity contribution in [2.45, 2.75) is 43.6 Å². The van der Waals surface area contributed by atoms with Crippen LogP contribution in [0.4, 0.5) is 0 Å². The van der Waals surface area contributed by atoms with Gasteiger partial charge in [0.05, 0.1) is 11.0 Å². The number of imidazole rings is 1. The Bertz CT molecular complexity index is 1220. The maximum Gasteiger partial charge on any atom is 0.336 e. The van der Waals surface area contributed by atoms with Gasteiger partial charge in [-0.2, -0.15) is 0 Å². The lowest BCUT2D eigenvalue weighted by Gasteiger charge is -2.09. The molecule has 2 aromatic carbocycles. The first-order valence-corrected chi connectivity index (χ1v) is 10.4. The summed E-state index contributed by atoms with van der Waals surface area (Å²) in [5, 5.41) is 2.04. The highest BCUT2D eigenvalue weighted by molar-refractivity contribution is 7.98. The first-order chi connectivity index (χ1) is 13.2. The molecule has 0 radical (unpaired) electrons. The number of thioether (sulfide) groups is 1. The molecular formula is C22H20N2O2S. The Kier molecular flexibility index (Phi) is 4.05. The van der Waals surface area contributed by atoms with E-state index in [1.165, 1.54) is 17.5 Å². The molecule has 0 spiro atoms. The summed E-state index contributed by atoms with van der Waals surface area (Å²) in [6.45, 7) is 3.00. The number of para-hydroxylation sites is 2. The molecule has 5 rings (SSSR count). The van der Waals surface area contributed by atoms with E-state index < -0.39 is 0 Å². The van der Waals surface area contributed by atoms with Crippen LogP contribution in [0.15, 0.2) is 56.8 Å². The van der Waals surface area contributed by atoms with E-state index in [2.05, 4.69) is 29.7 Å². The summed E-state index contributed by atoms with van der Waals surface area (Å²) < 4.78 is 7.71. The Morgan fingerprint density at radius 1 is 1.15 bits per heavy atom. The standard InChI is InChI=1S/C22H20N2O2S/c1-2-24-19-9-4-3-8-18(19)23-22(24)27-13-16-12-21(25)26-20-11-15-7-5-6-14(15)10-17(16)20/h3-4,8-12H,2,5-7,13H2,1H3. The molecule has 1 aliphatic carbocycles. The Hall–Kier alpha value is -2.53. The van der Waals surface area contributed by atoms with Gasteiger partial charge >= 0.3 is 5.63 Å². The van der Waals surface area contributed by atoms with Crippen molar-refractivity contribution in [3.8, 4) is 0 Å². The zero-order valence-electron chi connectivity index (χ0n) is 15.2. The van der Waals surface area contributed by atoms with Crippen molar-refractivity contribution < 1.29 is 4.42 Å². The molecule has 0 amide bonds. The van der Waals surface area contributed by atoms with Gasteiger partial charge in [0.1, 0.15) is 5.58 Å². The van der Waals surface area contributed by atoms with Crippen LogP contribution >= 0.6 is 11.8 Å². The third-order valence-corrected chi connectivity index (χ3v) is 6.36. The van der Waals surface area contributed by atoms with E-state index in [0.717, 1.165) is 46.5 Å². The molecular weight excluding hydrogens is 356 g/mol. The lowest BCUT2D eigenvalue weighted by molar-refractivity contribution is 0.559. The van der Waals surface area contributed by atoms with E-state index in [-0.39, 0.29) is 5.63 Å². The van der Waals surface area contributed by atoms with Crippen LogP contribution in [-0.4, -0.2) is 9.55 Å². The number of fused-ring (bicyclic) bond motifs is 3. The van der Waals surface area contributed by atoms with Crippen molar-refractivity contribution >= 4 is 33.8 Å². The van der Waals surface area contributed by atoms with Gasteiger partial charge in [-0.25, -0.2) is 9.78 Å². The van der Waals surface area contributed by atoms with Gasteiger partial charge in [0.25, 0.3) is 0 Å². The predicted molar refractivity (Wildman–Crippen MR) is 109 cm³/mol. The van der Waals surface area contributed by atoms with Crippen LogP contribution in [0.25, 0.3) is 22.0 Å². The summed E-state index contributed by atoms with van der Waals surface area (Å²) in [7, 11) is 0. The van der Waals surface area contributed by atoms with Crippen LogP contribution in [0, 0.1) is 0 Å². The molecule has 27 heavy (non-hydrogen) atoms. The summed E-state index contributed by atoms with van der Waals surface area (Å²) in [6.07, 6.45) is 3.37. The minimum absolute atomic E-state index is 0.278. The molecule has 136 valence electrons. The molecule has 0 saturated heterocycles. The maximum atomic E-state index is 12.1. The second-order valence-electron chi connectivity index (χ2n) is 6.98. The molecule has 0 unspecified atom stereocenters. The summed E-state index contributed by atoms with van der Waals surface area (Å²) in [6, 6.07) is 14.1. The highest BCUT2D eigenvalue weighted by Gasteiger charge is 2.16. The van der Waals surface area contributed by atoms with E-state index in [1.807, 2.05) is 18.2 Å². The largest absolute Gasteiger partial charge is 0.423 e. The van der Waals surface area contributed by atoms with Crippen LogP contribution in [0.5, 0.6) is 0 Å². The van der Waals surface area contributed by atoms with Gasteiger partial charge in [-0.05, 0) is 67.1 Å². The van der Waals surface area contributed by atoms with Gasteiger partial charge in [0.2, 0.25) is 0 Å². The predicted octanol–water partition coefficient (Wildman–Crippen LogP) is 4.94. The summed E-state index contributed by atoms with van der Waals surface area (Å²) >= 11 is 1.68. The van der Waals surface area contributed by atoms with Crippen molar-refractivity contribution in [2.75, 3.05) is 0 Å². The molecule has 2 heterocycles. The zero-order chi connectivity index (χ0) is 18.4. The molecule has 0 bridgehead atoms. The Balaban J connectivity index is 1.55. The highest BCUT2D eigenvalue weighted by Crippen LogP contribution is 2.32. The number of hydrogen-bond acceptors (Lipinski definition) is 4. The van der Waals surface area contributed by atoms with Crippen molar-refractivity contribution in [2.24, 2.45) is 0 Å². The molecule has 2 aromatic heterocycles. The summed E-state index contributed by atoms with van der Waals surface area (Å²) in [4.78, 5) is 16.9. The van der Waals surface area contributed by atoms with E-state index in [1.54, 1.807) is 17.8 Å². The third-order valence-electron chi connectivity index (χ3n) is 5.34. The number of benzene rings is 2. The van der Waals surface area contributed by atoms with Gasteiger partial charge in [-0.3, -0.25) is 0 Å². The minimum atomic E-state index is -0.278. The molecule has 5 heteroatoms. The molecule has 4 aromatic rings. The van der Waals surface area contributed by atoms with Gasteiger partial charge in [0.15, 0.2) is 5.16 Å². The van der Waals surface area contributed by atoms with Gasteiger partial charge in [-0.15, -0.1) is 0 Å². The molecule has 0 atom stereocenters. The second kappa shape index (κ2) is 6.57. The van der Waals surface area contributed by atoms with Crippen LogP contribution in [0.1, 0.15) is 30.0 Å². The van der Waals surface area contributed by atoms with Crippen LogP contribution < -0.4 is 5.63 Å². The van der Waals surface area contributed by atoms with Crippen molar-refractivity contribution in [1.82, 2.24) is 9.55 Å². The number of aromatic nitrogens is 2. The zero-order valence-corrected chi connectivity index (χ0v) is 16.0. The number of aryl methyl sites for hydroxylation is 3. The minimum Gasteiger partial charge on any atom is -0.423 e. The summed E-state index contributed by atoms with van der Waals surface area (Å²) in [5.41, 5.74) is 6.33. The fourth-order valence-electron chi connectivity index (χ4n) is 4.03. The SMILES string of the molecule is CCn1c(SCc2cc(=O)oc3cc4c(cc23)CCC4)nc2ccccc21. The average Bonchev–Trinajstić information content (AvgIpc) is 3.27. The first kappa shape index (κ1) is 16.6. The quantitative estimate of drug-likeness (QED) is 0.374. The maximum absolute atomic E-state index is 12.1. The number of hydrogen-bond donors (Lipinski definition) is 0. The third kappa shape index (κ3) is 2.86. The van der Waals surface area contributed by atoms with E-state index in [9.17, 15) is 4.79 Å². The Morgan fingerprint density at radius 3 is 2.81 bits per heavy atom. The monoisotopic (exact) mass is 376 g/mol. The highest BCUT2D eigenvalue weighted by atomic mass is 32.2. The van der Waals surface area contributed by atoms with E-state index >= 15 is 0 Å². The second-order valence-corrected chi connectivity index (χ2v) is 7.92. The molecule has 4 nitrogen and oxygen atoms in total. The molecule has 0 fully saturated rings. The van der Waals surface area contributed by atoms with Crippen molar-refractivity contribution in [1.29, 1.82) is 0 Å². The summed E-state index contributed by atoms with van der Waals surface area (Å²) in [5.74, 6) is 0.699. The number of rotatable bonds is 4. The van der Waals surface area contributed by atoms with E-state index in [0.29, 0.717) is 11.3 Å². The van der Waals surface area contributed by atoms with Crippen LogP contribution in [0.3, 0.4) is 0 Å². The van der Waals surface area contributed by atoms with Crippen molar-refractivity contribution in [3.63, 3.8) is 0 Å². The lowest BCUT2D eigenvalue weighted by atomic mass is 10.0. The average molecular weight is 376 g/mol. The van der Waals surface area contributed by atoms with Gasteiger partial charge < -0.3 is 8.98 Å².